The molecule has 0 aliphatic rings. The number of nitrogens with zero attached hydrogens (tertiary/aromatic N) is 2. The van der Waals surface area contributed by atoms with Crippen LogP contribution in [0.25, 0.3) is 0 Å². The summed E-state index contributed by atoms with van der Waals surface area (Å²) in [4.78, 5) is 29.4. The molecule has 2 aromatic rings. The van der Waals surface area contributed by atoms with Gasteiger partial charge in [0.1, 0.15) is 12.3 Å². The first-order valence-corrected chi connectivity index (χ1v) is 7.17. The Balaban J connectivity index is 1.99. The fourth-order valence-corrected chi connectivity index (χ4v) is 2.07. The van der Waals surface area contributed by atoms with Crippen molar-refractivity contribution in [2.24, 2.45) is 0 Å². The number of hydrogen-bond acceptors (Lipinski definition) is 4. The third kappa shape index (κ3) is 5.10. The normalized spacial score (nSPS) is 10.0. The minimum Gasteiger partial charge on any atom is -0.497 e. The number of ether oxygens (including phenoxy) is 1. The van der Waals surface area contributed by atoms with Gasteiger partial charge in [-0.25, -0.2) is 0 Å². The summed E-state index contributed by atoms with van der Waals surface area (Å²) in [6.45, 7) is 1.76. The lowest BCUT2D eigenvalue weighted by atomic mass is 10.2. The first-order chi connectivity index (χ1) is 11.1. The maximum atomic E-state index is 12.2. The zero-order valence-corrected chi connectivity index (χ0v) is 13.2. The Kier molecular flexibility index (Phi) is 5.68. The van der Waals surface area contributed by atoms with Gasteiger partial charge >= 0.3 is 0 Å². The van der Waals surface area contributed by atoms with E-state index in [1.54, 1.807) is 49.8 Å². The van der Waals surface area contributed by atoms with Gasteiger partial charge in [0, 0.05) is 37.6 Å². The summed E-state index contributed by atoms with van der Waals surface area (Å²) in [5, 5.41) is 2.76. The summed E-state index contributed by atoms with van der Waals surface area (Å²) in [6, 6.07) is 10.7. The number of pyridine rings is 1. The van der Waals surface area contributed by atoms with Crippen molar-refractivity contribution in [1.29, 1.82) is 0 Å². The number of anilines is 1. The third-order valence-corrected chi connectivity index (χ3v) is 3.23. The van der Waals surface area contributed by atoms with Crippen LogP contribution in [0.3, 0.4) is 0 Å². The van der Waals surface area contributed by atoms with Crippen LogP contribution in [0.1, 0.15) is 12.5 Å². The van der Waals surface area contributed by atoms with E-state index < -0.39 is 0 Å². The van der Waals surface area contributed by atoms with E-state index in [4.69, 9.17) is 4.74 Å². The first-order valence-electron chi connectivity index (χ1n) is 7.17. The van der Waals surface area contributed by atoms with Crippen LogP contribution in [0.2, 0.25) is 0 Å². The van der Waals surface area contributed by atoms with E-state index in [-0.39, 0.29) is 18.4 Å². The van der Waals surface area contributed by atoms with Gasteiger partial charge in [0.05, 0.1) is 7.11 Å². The smallest absolute Gasteiger partial charge is 0.244 e. The highest BCUT2D eigenvalue weighted by molar-refractivity contribution is 5.94. The molecule has 0 aliphatic carbocycles. The lowest BCUT2D eigenvalue weighted by Gasteiger charge is -2.20. The van der Waals surface area contributed by atoms with Gasteiger partial charge in [-0.05, 0) is 23.8 Å². The Hall–Kier alpha value is -2.89. The van der Waals surface area contributed by atoms with Gasteiger partial charge < -0.3 is 15.0 Å². The van der Waals surface area contributed by atoms with Crippen LogP contribution in [-0.2, 0) is 16.1 Å². The minimum absolute atomic E-state index is 0.0264. The van der Waals surface area contributed by atoms with Crippen LogP contribution in [0.4, 0.5) is 5.69 Å². The summed E-state index contributed by atoms with van der Waals surface area (Å²) < 4.78 is 5.11. The second-order valence-corrected chi connectivity index (χ2v) is 5.02. The number of carbonyl (C=O) groups excluding carboxylic acids is 2. The van der Waals surface area contributed by atoms with Gasteiger partial charge in [-0.15, -0.1) is 0 Å². The molecule has 23 heavy (non-hydrogen) atoms. The molecular formula is C17H19N3O3. The Morgan fingerprint density at radius 3 is 2.74 bits per heavy atom. The third-order valence-electron chi connectivity index (χ3n) is 3.23. The number of aromatic nitrogens is 1. The predicted molar refractivity (Wildman–Crippen MR) is 87.0 cm³/mol. The zero-order chi connectivity index (χ0) is 16.7. The highest BCUT2D eigenvalue weighted by Gasteiger charge is 2.14. The van der Waals surface area contributed by atoms with Crippen LogP contribution in [0, 0.1) is 0 Å². The fraction of sp³-hybridized carbons (Fsp3) is 0.235. The molecule has 2 amide bonds. The van der Waals surface area contributed by atoms with Crippen LogP contribution >= 0.6 is 0 Å². The van der Waals surface area contributed by atoms with E-state index >= 15 is 0 Å². The molecule has 1 N–H and O–H groups in total. The quantitative estimate of drug-likeness (QED) is 0.886. The molecule has 0 bridgehead atoms. The van der Waals surface area contributed by atoms with Gasteiger partial charge in [0.2, 0.25) is 11.8 Å². The van der Waals surface area contributed by atoms with Crippen molar-refractivity contribution in [3.63, 3.8) is 0 Å². The van der Waals surface area contributed by atoms with Gasteiger partial charge in [-0.3, -0.25) is 14.6 Å². The monoisotopic (exact) mass is 313 g/mol. The topological polar surface area (TPSA) is 71.5 Å². The average Bonchev–Trinajstić information content (AvgIpc) is 2.55. The van der Waals surface area contributed by atoms with E-state index in [0.29, 0.717) is 18.0 Å². The van der Waals surface area contributed by atoms with Crippen molar-refractivity contribution >= 4 is 17.5 Å². The molecule has 1 heterocycles. The average molecular weight is 313 g/mol. The molecule has 2 rings (SSSR count). The number of hydrogen-bond donors (Lipinski definition) is 1. The highest BCUT2D eigenvalue weighted by Crippen LogP contribution is 2.16. The molecule has 6 nitrogen and oxygen atoms in total. The number of amides is 2. The van der Waals surface area contributed by atoms with Crippen LogP contribution < -0.4 is 10.1 Å². The maximum Gasteiger partial charge on any atom is 0.244 e. The number of rotatable bonds is 6. The fourth-order valence-electron chi connectivity index (χ4n) is 2.07. The second kappa shape index (κ2) is 7.93. The van der Waals surface area contributed by atoms with Crippen molar-refractivity contribution in [3.8, 4) is 5.75 Å². The van der Waals surface area contributed by atoms with Crippen molar-refractivity contribution in [2.75, 3.05) is 19.0 Å². The molecule has 0 atom stereocenters. The number of benzene rings is 1. The highest BCUT2D eigenvalue weighted by atomic mass is 16.5. The van der Waals surface area contributed by atoms with Crippen molar-refractivity contribution in [2.45, 2.75) is 13.5 Å². The van der Waals surface area contributed by atoms with E-state index in [1.165, 1.54) is 11.8 Å². The number of nitrogens with one attached hydrogen (secondary N) is 1. The van der Waals surface area contributed by atoms with E-state index in [9.17, 15) is 9.59 Å². The second-order valence-electron chi connectivity index (χ2n) is 5.02. The van der Waals surface area contributed by atoms with Gasteiger partial charge in [0.15, 0.2) is 0 Å². The van der Waals surface area contributed by atoms with Crippen molar-refractivity contribution in [3.05, 3.63) is 54.4 Å². The van der Waals surface area contributed by atoms with Crippen LogP contribution in [-0.4, -0.2) is 35.4 Å². The SMILES string of the molecule is COc1cccc(NC(=O)CN(Cc2cccnc2)C(C)=O)c1. The molecule has 0 unspecified atom stereocenters. The lowest BCUT2D eigenvalue weighted by molar-refractivity contribution is -0.133. The largest absolute Gasteiger partial charge is 0.497 e. The molecule has 0 fully saturated rings. The van der Waals surface area contributed by atoms with Crippen molar-refractivity contribution in [1.82, 2.24) is 9.88 Å². The Labute approximate surface area is 135 Å². The predicted octanol–water partition coefficient (Wildman–Crippen LogP) is 2.08. The molecule has 0 saturated carbocycles. The standard InChI is InChI=1S/C17H19N3O3/c1-13(21)20(11-14-5-4-8-18-10-14)12-17(22)19-15-6-3-7-16(9-15)23-2/h3-10H,11-12H2,1-2H3,(H,19,22). The van der Waals surface area contributed by atoms with Crippen LogP contribution in [0.15, 0.2) is 48.8 Å². The van der Waals surface area contributed by atoms with E-state index in [1.807, 2.05) is 6.07 Å². The molecule has 1 aromatic heterocycles. The van der Waals surface area contributed by atoms with Crippen LogP contribution in [0.5, 0.6) is 5.75 Å². The molecule has 0 spiro atoms. The van der Waals surface area contributed by atoms with Gasteiger partial charge in [-0.1, -0.05) is 12.1 Å². The van der Waals surface area contributed by atoms with Crippen molar-refractivity contribution < 1.29 is 14.3 Å². The number of carbonyl (C=O) groups is 2. The van der Waals surface area contributed by atoms with Gasteiger partial charge in [-0.2, -0.15) is 0 Å². The molecule has 120 valence electrons. The first kappa shape index (κ1) is 16.5. The zero-order valence-electron chi connectivity index (χ0n) is 13.2. The lowest BCUT2D eigenvalue weighted by Crippen LogP contribution is -2.36. The Morgan fingerprint density at radius 2 is 2.09 bits per heavy atom. The Morgan fingerprint density at radius 1 is 1.26 bits per heavy atom. The summed E-state index contributed by atoms with van der Waals surface area (Å²) in [5.74, 6) is 0.216. The maximum absolute atomic E-state index is 12.2. The molecule has 0 saturated heterocycles. The minimum atomic E-state index is -0.266. The molecule has 1 aromatic carbocycles. The molecule has 0 radical (unpaired) electrons. The van der Waals surface area contributed by atoms with E-state index in [0.717, 1.165) is 5.56 Å². The van der Waals surface area contributed by atoms with Gasteiger partial charge in [0.25, 0.3) is 0 Å². The summed E-state index contributed by atoms with van der Waals surface area (Å²) in [5.41, 5.74) is 1.50. The summed E-state index contributed by atoms with van der Waals surface area (Å²) in [6.07, 6.45) is 3.34. The molecule has 0 aliphatic heterocycles. The summed E-state index contributed by atoms with van der Waals surface area (Å²) >= 11 is 0. The summed E-state index contributed by atoms with van der Waals surface area (Å²) in [7, 11) is 1.56. The molecular weight excluding hydrogens is 294 g/mol. The molecule has 6 heteroatoms. The van der Waals surface area contributed by atoms with E-state index in [2.05, 4.69) is 10.3 Å². The Bertz CT molecular complexity index is 674. The number of methoxy groups -OCH3 is 1.